The number of carbonyl (C=O) groups is 1. The van der Waals surface area contributed by atoms with Crippen molar-refractivity contribution >= 4 is 5.97 Å². The molecule has 1 aromatic carbocycles. The van der Waals surface area contributed by atoms with Crippen LogP contribution in [0.5, 0.6) is 0 Å². The van der Waals surface area contributed by atoms with Gasteiger partial charge in [0.15, 0.2) is 0 Å². The fraction of sp³-hybridized carbons (Fsp3) is 0.200. The number of hydrogen-bond acceptors (Lipinski definition) is 3. The number of carboxylic acids is 1. The fourth-order valence-electron chi connectivity index (χ4n) is 1.69. The predicted molar refractivity (Wildman–Crippen MR) is 73.6 cm³/mol. The largest absolute Gasteiger partial charge is 0.480 e. The van der Waals surface area contributed by atoms with Crippen molar-refractivity contribution in [2.45, 2.75) is 19.5 Å². The van der Waals surface area contributed by atoms with E-state index in [2.05, 4.69) is 10.3 Å². The molecule has 0 radical (unpaired) electrons. The maximum absolute atomic E-state index is 10.7. The first-order valence-corrected chi connectivity index (χ1v) is 6.13. The van der Waals surface area contributed by atoms with E-state index >= 15 is 0 Å². The van der Waals surface area contributed by atoms with Gasteiger partial charge in [0.2, 0.25) is 0 Å². The summed E-state index contributed by atoms with van der Waals surface area (Å²) in [5.41, 5.74) is 3.03. The molecule has 0 fully saturated rings. The molecule has 0 spiro atoms. The second kappa shape index (κ2) is 6.11. The van der Waals surface area contributed by atoms with Crippen LogP contribution in [0.1, 0.15) is 12.5 Å². The minimum atomic E-state index is -0.842. The molecule has 0 bridgehead atoms. The summed E-state index contributed by atoms with van der Waals surface area (Å²) in [6.07, 6.45) is 1.76. The van der Waals surface area contributed by atoms with Crippen LogP contribution in [0.2, 0.25) is 0 Å². The molecule has 0 aliphatic carbocycles. The lowest BCUT2D eigenvalue weighted by molar-refractivity contribution is -0.139. The molecule has 98 valence electrons. The lowest BCUT2D eigenvalue weighted by Gasteiger charge is -2.09. The highest BCUT2D eigenvalue weighted by molar-refractivity contribution is 5.72. The monoisotopic (exact) mass is 256 g/mol. The number of rotatable bonds is 5. The van der Waals surface area contributed by atoms with Gasteiger partial charge in [0.25, 0.3) is 0 Å². The molecule has 1 atom stereocenters. The number of hydrogen-bond donors (Lipinski definition) is 2. The number of aliphatic carboxylic acids is 1. The third-order valence-electron chi connectivity index (χ3n) is 2.90. The third kappa shape index (κ3) is 3.63. The molecule has 0 unspecified atom stereocenters. The Morgan fingerprint density at radius 2 is 2.00 bits per heavy atom. The van der Waals surface area contributed by atoms with Gasteiger partial charge in [-0.2, -0.15) is 0 Å². The number of nitrogens with one attached hydrogen (secondary N) is 1. The molecule has 4 nitrogen and oxygen atoms in total. The summed E-state index contributed by atoms with van der Waals surface area (Å²) in [5.74, 6) is -0.842. The number of carboxylic acid groups (broad SMARTS) is 1. The smallest absolute Gasteiger partial charge is 0.320 e. The molecule has 2 rings (SSSR count). The van der Waals surface area contributed by atoms with Crippen LogP contribution in [0.4, 0.5) is 0 Å². The predicted octanol–water partition coefficient (Wildman–Crippen LogP) is 2.31. The molecule has 0 aliphatic heterocycles. The van der Waals surface area contributed by atoms with Crippen molar-refractivity contribution in [3.05, 3.63) is 54.2 Å². The first-order chi connectivity index (χ1) is 9.16. The zero-order valence-electron chi connectivity index (χ0n) is 10.7. The fourth-order valence-corrected chi connectivity index (χ4v) is 1.69. The summed E-state index contributed by atoms with van der Waals surface area (Å²) < 4.78 is 0. The molecular weight excluding hydrogens is 240 g/mol. The Morgan fingerprint density at radius 1 is 1.26 bits per heavy atom. The zero-order chi connectivity index (χ0) is 13.7. The van der Waals surface area contributed by atoms with Gasteiger partial charge in [-0.15, -0.1) is 0 Å². The highest BCUT2D eigenvalue weighted by atomic mass is 16.4. The van der Waals surface area contributed by atoms with Gasteiger partial charge in [-0.3, -0.25) is 9.78 Å². The average Bonchev–Trinajstić information content (AvgIpc) is 2.46. The highest BCUT2D eigenvalue weighted by Crippen LogP contribution is 2.16. The third-order valence-corrected chi connectivity index (χ3v) is 2.90. The van der Waals surface area contributed by atoms with Gasteiger partial charge in [-0.05, 0) is 24.6 Å². The summed E-state index contributed by atoms with van der Waals surface area (Å²) in [6.45, 7) is 2.17. The Morgan fingerprint density at radius 3 is 2.58 bits per heavy atom. The van der Waals surface area contributed by atoms with Gasteiger partial charge in [-0.25, -0.2) is 0 Å². The maximum Gasteiger partial charge on any atom is 0.320 e. The Labute approximate surface area is 112 Å². The van der Waals surface area contributed by atoms with Crippen molar-refractivity contribution in [3.8, 4) is 11.3 Å². The molecule has 1 heterocycles. The van der Waals surface area contributed by atoms with Gasteiger partial charge < -0.3 is 10.4 Å². The Hall–Kier alpha value is -2.20. The van der Waals surface area contributed by atoms with Crippen LogP contribution in [0.15, 0.2) is 48.7 Å². The molecule has 2 N–H and O–H groups in total. The summed E-state index contributed by atoms with van der Waals surface area (Å²) in [5, 5.41) is 11.7. The Kier molecular flexibility index (Phi) is 4.26. The van der Waals surface area contributed by atoms with E-state index in [0.717, 1.165) is 16.8 Å². The normalized spacial score (nSPS) is 12.1. The molecule has 0 saturated carbocycles. The Bertz CT molecular complexity index is 538. The topological polar surface area (TPSA) is 62.2 Å². The van der Waals surface area contributed by atoms with E-state index in [-0.39, 0.29) is 0 Å². The van der Waals surface area contributed by atoms with E-state index in [9.17, 15) is 4.79 Å². The molecule has 0 aliphatic rings. The second-order valence-electron chi connectivity index (χ2n) is 4.35. The summed E-state index contributed by atoms with van der Waals surface area (Å²) in [6, 6.07) is 13.2. The van der Waals surface area contributed by atoms with Crippen LogP contribution < -0.4 is 5.32 Å². The van der Waals surface area contributed by atoms with E-state index in [1.54, 1.807) is 13.1 Å². The first-order valence-electron chi connectivity index (χ1n) is 6.13. The average molecular weight is 256 g/mol. The second-order valence-corrected chi connectivity index (χ2v) is 4.35. The first kappa shape index (κ1) is 13.2. The number of aromatic nitrogens is 1. The molecule has 2 aromatic rings. The van der Waals surface area contributed by atoms with E-state index in [4.69, 9.17) is 5.11 Å². The number of nitrogens with zero attached hydrogens (tertiary/aromatic N) is 1. The molecule has 1 aromatic heterocycles. The standard InChI is InChI=1S/C15H16N2O2/c1-11(15(18)19)17-10-12-5-7-13(8-6-12)14-4-2-3-9-16-14/h2-9,11,17H,10H2,1H3,(H,18,19)/t11-/m0/s1. The number of pyridine rings is 1. The molecular formula is C15H16N2O2. The van der Waals surface area contributed by atoms with Crippen LogP contribution in [0.25, 0.3) is 11.3 Å². The molecule has 0 amide bonds. The van der Waals surface area contributed by atoms with Crippen LogP contribution in [0, 0.1) is 0 Å². The maximum atomic E-state index is 10.7. The van der Waals surface area contributed by atoms with Crippen LogP contribution in [0.3, 0.4) is 0 Å². The van der Waals surface area contributed by atoms with Gasteiger partial charge in [0.1, 0.15) is 6.04 Å². The van der Waals surface area contributed by atoms with Crippen molar-refractivity contribution in [1.29, 1.82) is 0 Å². The van der Waals surface area contributed by atoms with Crippen LogP contribution >= 0.6 is 0 Å². The quantitative estimate of drug-likeness (QED) is 0.861. The lowest BCUT2D eigenvalue weighted by Crippen LogP contribution is -2.33. The minimum Gasteiger partial charge on any atom is -0.480 e. The SMILES string of the molecule is C[C@H](NCc1ccc(-c2ccccn2)cc1)C(=O)O. The van der Waals surface area contributed by atoms with Crippen molar-refractivity contribution in [2.75, 3.05) is 0 Å². The van der Waals surface area contributed by atoms with E-state index in [1.165, 1.54) is 0 Å². The Balaban J connectivity index is 2.01. The van der Waals surface area contributed by atoms with Gasteiger partial charge in [0.05, 0.1) is 5.69 Å². The van der Waals surface area contributed by atoms with Crippen molar-refractivity contribution < 1.29 is 9.90 Å². The van der Waals surface area contributed by atoms with Crippen molar-refractivity contribution in [1.82, 2.24) is 10.3 Å². The molecule has 4 heteroatoms. The van der Waals surface area contributed by atoms with Gasteiger partial charge in [-0.1, -0.05) is 30.3 Å². The lowest BCUT2D eigenvalue weighted by atomic mass is 10.1. The zero-order valence-corrected chi connectivity index (χ0v) is 10.7. The summed E-state index contributed by atoms with van der Waals surface area (Å²) in [4.78, 5) is 15.0. The van der Waals surface area contributed by atoms with Gasteiger partial charge >= 0.3 is 5.97 Å². The van der Waals surface area contributed by atoms with Crippen molar-refractivity contribution in [2.24, 2.45) is 0 Å². The highest BCUT2D eigenvalue weighted by Gasteiger charge is 2.09. The minimum absolute atomic E-state index is 0.538. The number of benzene rings is 1. The van der Waals surface area contributed by atoms with E-state index in [1.807, 2.05) is 42.5 Å². The molecule has 19 heavy (non-hydrogen) atoms. The molecule has 0 saturated heterocycles. The van der Waals surface area contributed by atoms with Crippen LogP contribution in [-0.4, -0.2) is 22.1 Å². The van der Waals surface area contributed by atoms with E-state index < -0.39 is 12.0 Å². The summed E-state index contributed by atoms with van der Waals surface area (Å²) >= 11 is 0. The van der Waals surface area contributed by atoms with Crippen LogP contribution in [-0.2, 0) is 11.3 Å². The van der Waals surface area contributed by atoms with Gasteiger partial charge in [0, 0.05) is 18.3 Å². The van der Waals surface area contributed by atoms with Crippen molar-refractivity contribution in [3.63, 3.8) is 0 Å². The van der Waals surface area contributed by atoms with E-state index in [0.29, 0.717) is 6.54 Å². The summed E-state index contributed by atoms with van der Waals surface area (Å²) in [7, 11) is 0.